The lowest BCUT2D eigenvalue weighted by molar-refractivity contribution is -0.136. The fourth-order valence-electron chi connectivity index (χ4n) is 4.76. The quantitative estimate of drug-likeness (QED) is 0.499. The van der Waals surface area contributed by atoms with Crippen molar-refractivity contribution in [3.05, 3.63) is 41.1 Å². The lowest BCUT2D eigenvalue weighted by Crippen LogP contribution is -2.42. The summed E-state index contributed by atoms with van der Waals surface area (Å²) in [6.45, 7) is 0. The molecule has 10 heteroatoms. The molecule has 184 valence electrons. The molecule has 1 saturated carbocycles. The number of halogens is 3. The third-order valence-corrected chi connectivity index (χ3v) is 6.68. The van der Waals surface area contributed by atoms with Gasteiger partial charge in [-0.1, -0.05) is 12.1 Å². The van der Waals surface area contributed by atoms with Gasteiger partial charge in [0, 0.05) is 31.7 Å². The Morgan fingerprint density at radius 2 is 1.68 bits per heavy atom. The van der Waals surface area contributed by atoms with Crippen molar-refractivity contribution in [2.24, 2.45) is 0 Å². The first kappa shape index (κ1) is 24.5. The van der Waals surface area contributed by atoms with Gasteiger partial charge in [-0.3, -0.25) is 0 Å². The van der Waals surface area contributed by atoms with E-state index in [4.69, 9.17) is 22.2 Å². The zero-order valence-electron chi connectivity index (χ0n) is 19.5. The third kappa shape index (κ3) is 5.89. The number of hydrogen-bond acceptors (Lipinski definition) is 5. The lowest BCUT2D eigenvalue weighted by Gasteiger charge is -2.31. The molecular formula is C24H31F3N6S. The molecule has 0 unspecified atom stereocenters. The summed E-state index contributed by atoms with van der Waals surface area (Å²) in [7, 11) is 4.03. The zero-order chi connectivity index (χ0) is 24.3. The van der Waals surface area contributed by atoms with Gasteiger partial charge in [0.2, 0.25) is 5.95 Å². The Morgan fingerprint density at radius 3 is 2.38 bits per heavy atom. The Hall–Kier alpha value is -2.62. The van der Waals surface area contributed by atoms with Crippen molar-refractivity contribution in [3.63, 3.8) is 0 Å². The maximum absolute atomic E-state index is 13.2. The van der Waals surface area contributed by atoms with Crippen LogP contribution in [0, 0.1) is 0 Å². The summed E-state index contributed by atoms with van der Waals surface area (Å²) in [4.78, 5) is 11.7. The zero-order valence-corrected chi connectivity index (χ0v) is 20.3. The summed E-state index contributed by atoms with van der Waals surface area (Å²) in [6.07, 6.45) is 3.43. The minimum Gasteiger partial charge on any atom is -0.362 e. The van der Waals surface area contributed by atoms with E-state index in [1.165, 1.54) is 24.1 Å². The first-order chi connectivity index (χ1) is 16.2. The van der Waals surface area contributed by atoms with Gasteiger partial charge in [-0.15, -0.1) is 0 Å². The van der Waals surface area contributed by atoms with Crippen LogP contribution in [0.3, 0.4) is 0 Å². The molecule has 2 aliphatic rings. The molecule has 0 atom stereocenters. The first-order valence-corrected chi connectivity index (χ1v) is 12.2. The van der Waals surface area contributed by atoms with Crippen molar-refractivity contribution in [2.45, 2.75) is 69.6 Å². The molecule has 0 radical (unpaired) electrons. The molecule has 2 aromatic rings. The van der Waals surface area contributed by atoms with Gasteiger partial charge in [0.25, 0.3) is 0 Å². The van der Waals surface area contributed by atoms with Gasteiger partial charge >= 0.3 is 6.18 Å². The van der Waals surface area contributed by atoms with Gasteiger partial charge in [-0.2, -0.15) is 18.2 Å². The second kappa shape index (κ2) is 10.3. The van der Waals surface area contributed by atoms with E-state index in [9.17, 15) is 13.2 Å². The second-order valence-corrected chi connectivity index (χ2v) is 9.64. The molecule has 2 aliphatic carbocycles. The number of benzene rings is 1. The van der Waals surface area contributed by atoms with E-state index in [0.29, 0.717) is 5.95 Å². The number of alkyl halides is 3. The number of thiocarbonyl (C=S) groups is 1. The van der Waals surface area contributed by atoms with Crippen molar-refractivity contribution in [1.29, 1.82) is 0 Å². The summed E-state index contributed by atoms with van der Waals surface area (Å²) >= 11 is 5.30. The molecule has 0 amide bonds. The maximum Gasteiger partial charge on any atom is 0.418 e. The van der Waals surface area contributed by atoms with Crippen LogP contribution in [0.4, 0.5) is 30.6 Å². The molecule has 1 fully saturated rings. The maximum atomic E-state index is 13.2. The molecule has 34 heavy (non-hydrogen) atoms. The molecule has 0 spiro atoms. The minimum absolute atomic E-state index is 0.0379. The van der Waals surface area contributed by atoms with Gasteiger partial charge in [-0.05, 0) is 75.7 Å². The monoisotopic (exact) mass is 492 g/mol. The molecule has 0 aliphatic heterocycles. The van der Waals surface area contributed by atoms with E-state index in [1.54, 1.807) is 6.07 Å². The fourth-order valence-corrected chi connectivity index (χ4v) is 5.03. The molecule has 6 nitrogen and oxygen atoms in total. The smallest absolute Gasteiger partial charge is 0.362 e. The van der Waals surface area contributed by atoms with Crippen molar-refractivity contribution in [3.8, 4) is 0 Å². The average Bonchev–Trinajstić information content (AvgIpc) is 2.79. The standard InChI is InChI=1S/C24H31F3N6S/c1-33(2)21-17-7-3-5-9-19(17)30-22(32-21)28-15-11-13-16(14-12-15)29-23(34)31-20-10-6-4-8-18(20)24(25,26)27/h4,6,8,10,15-16H,3,5,7,9,11-14H2,1-2H3,(H,28,30,32)(H2,29,31,34). The van der Waals surface area contributed by atoms with Crippen LogP contribution in [0.25, 0.3) is 0 Å². The van der Waals surface area contributed by atoms with E-state index >= 15 is 0 Å². The summed E-state index contributed by atoms with van der Waals surface area (Å²) in [6, 6.07) is 5.72. The minimum atomic E-state index is -4.44. The number of aryl methyl sites for hydroxylation is 1. The highest BCUT2D eigenvalue weighted by Crippen LogP contribution is 2.34. The van der Waals surface area contributed by atoms with Crippen LogP contribution in [0.1, 0.15) is 55.3 Å². The average molecular weight is 493 g/mol. The number of hydrogen-bond donors (Lipinski definition) is 3. The van der Waals surface area contributed by atoms with Gasteiger partial charge < -0.3 is 20.9 Å². The fraction of sp³-hybridized carbons (Fsp3) is 0.542. The Labute approximate surface area is 203 Å². The molecule has 0 bridgehead atoms. The highest BCUT2D eigenvalue weighted by Gasteiger charge is 2.33. The Balaban J connectivity index is 1.31. The number of anilines is 3. The Kier molecular flexibility index (Phi) is 7.45. The van der Waals surface area contributed by atoms with Crippen molar-refractivity contribution >= 4 is 34.8 Å². The Bertz CT molecular complexity index is 1020. The van der Waals surface area contributed by atoms with Gasteiger partial charge in [-0.25, -0.2) is 4.98 Å². The van der Waals surface area contributed by atoms with Crippen LogP contribution >= 0.6 is 12.2 Å². The van der Waals surface area contributed by atoms with E-state index in [-0.39, 0.29) is 22.9 Å². The molecule has 1 heterocycles. The number of nitrogens with zero attached hydrogens (tertiary/aromatic N) is 3. The van der Waals surface area contributed by atoms with Crippen molar-refractivity contribution in [1.82, 2.24) is 15.3 Å². The van der Waals surface area contributed by atoms with Crippen LogP contribution in [0.2, 0.25) is 0 Å². The van der Waals surface area contributed by atoms with E-state index in [0.717, 1.165) is 62.5 Å². The molecule has 1 aromatic carbocycles. The van der Waals surface area contributed by atoms with Crippen molar-refractivity contribution < 1.29 is 13.2 Å². The number of aromatic nitrogens is 2. The predicted molar refractivity (Wildman–Crippen MR) is 133 cm³/mol. The highest BCUT2D eigenvalue weighted by molar-refractivity contribution is 7.80. The number of rotatable bonds is 5. The van der Waals surface area contributed by atoms with Gasteiger partial charge in [0.15, 0.2) is 5.11 Å². The van der Waals surface area contributed by atoms with Crippen LogP contribution < -0.4 is 20.9 Å². The predicted octanol–water partition coefficient (Wildman–Crippen LogP) is 5.15. The van der Waals surface area contributed by atoms with Crippen LogP contribution in [-0.2, 0) is 19.0 Å². The van der Waals surface area contributed by atoms with Crippen molar-refractivity contribution in [2.75, 3.05) is 29.6 Å². The number of nitrogens with one attached hydrogen (secondary N) is 3. The SMILES string of the molecule is CN(C)c1nc(NC2CCC(NC(=S)Nc3ccccc3C(F)(F)F)CC2)nc2c1CCCC2. The van der Waals surface area contributed by atoms with Crippen LogP contribution in [0.5, 0.6) is 0 Å². The summed E-state index contributed by atoms with van der Waals surface area (Å²) in [5.74, 6) is 1.68. The second-order valence-electron chi connectivity index (χ2n) is 9.23. The topological polar surface area (TPSA) is 65.1 Å². The largest absolute Gasteiger partial charge is 0.418 e. The Morgan fingerprint density at radius 1 is 1.00 bits per heavy atom. The molecular weight excluding hydrogens is 461 g/mol. The number of fused-ring (bicyclic) bond motifs is 1. The molecule has 1 aromatic heterocycles. The van der Waals surface area contributed by atoms with Crippen LogP contribution in [-0.4, -0.2) is 41.3 Å². The lowest BCUT2D eigenvalue weighted by atomic mass is 9.91. The molecule has 4 rings (SSSR count). The van der Waals surface area contributed by atoms with Crippen LogP contribution in [0.15, 0.2) is 24.3 Å². The highest BCUT2D eigenvalue weighted by atomic mass is 32.1. The number of para-hydroxylation sites is 1. The summed E-state index contributed by atoms with van der Waals surface area (Å²) in [5.41, 5.74) is 1.65. The molecule has 3 N–H and O–H groups in total. The third-order valence-electron chi connectivity index (χ3n) is 6.46. The van der Waals surface area contributed by atoms with E-state index < -0.39 is 11.7 Å². The van der Waals surface area contributed by atoms with Gasteiger partial charge in [0.1, 0.15) is 5.82 Å². The normalized spacial score (nSPS) is 20.3. The summed E-state index contributed by atoms with van der Waals surface area (Å²) < 4.78 is 39.7. The van der Waals surface area contributed by atoms with E-state index in [2.05, 4.69) is 20.9 Å². The van der Waals surface area contributed by atoms with E-state index in [1.807, 2.05) is 14.1 Å². The first-order valence-electron chi connectivity index (χ1n) is 11.8. The molecule has 0 saturated heterocycles. The van der Waals surface area contributed by atoms with Gasteiger partial charge in [0.05, 0.1) is 16.9 Å². The summed E-state index contributed by atoms with van der Waals surface area (Å²) in [5, 5.41) is 9.63.